The summed E-state index contributed by atoms with van der Waals surface area (Å²) in [5.41, 5.74) is 2.27. The molecule has 5 heteroatoms. The second kappa shape index (κ2) is 5.50. The third-order valence-electron chi connectivity index (χ3n) is 3.37. The van der Waals surface area contributed by atoms with Crippen LogP contribution in [0.3, 0.4) is 0 Å². The minimum atomic E-state index is 0.850. The normalized spacial score (nSPS) is 15.8. The predicted octanol–water partition coefficient (Wildman–Crippen LogP) is 1.67. The standard InChI is InChI=1S/C12H21BrN4/c1-9-12(13)11(17(3)15-9)8-14-6-7-16(2)10-4-5-10/h10,14H,4-8H2,1-3H3. The topological polar surface area (TPSA) is 33.1 Å². The summed E-state index contributed by atoms with van der Waals surface area (Å²) in [5, 5.41) is 7.86. The van der Waals surface area contributed by atoms with Gasteiger partial charge >= 0.3 is 0 Å². The van der Waals surface area contributed by atoms with Crippen molar-refractivity contribution < 1.29 is 0 Å². The average Bonchev–Trinajstić information content (AvgIpc) is 3.08. The first-order chi connectivity index (χ1) is 8.09. The molecule has 0 aromatic carbocycles. The number of rotatable bonds is 6. The fourth-order valence-corrected chi connectivity index (χ4v) is 2.51. The van der Waals surface area contributed by atoms with Crippen molar-refractivity contribution in [2.24, 2.45) is 7.05 Å². The quantitative estimate of drug-likeness (QED) is 0.812. The molecule has 0 aliphatic heterocycles. The minimum Gasteiger partial charge on any atom is -0.310 e. The van der Waals surface area contributed by atoms with Crippen LogP contribution in [0.1, 0.15) is 24.2 Å². The van der Waals surface area contributed by atoms with Crippen LogP contribution in [0.25, 0.3) is 0 Å². The molecule has 0 bridgehead atoms. The van der Waals surface area contributed by atoms with Crippen LogP contribution in [0, 0.1) is 6.92 Å². The number of halogens is 1. The summed E-state index contributed by atoms with van der Waals surface area (Å²) in [5.74, 6) is 0. The molecule has 1 N–H and O–H groups in total. The van der Waals surface area contributed by atoms with Gasteiger partial charge in [-0.25, -0.2) is 0 Å². The molecule has 1 aromatic heterocycles. The van der Waals surface area contributed by atoms with Crippen molar-refractivity contribution in [3.8, 4) is 0 Å². The van der Waals surface area contributed by atoms with Gasteiger partial charge in [-0.3, -0.25) is 4.68 Å². The molecule has 1 fully saturated rings. The molecule has 0 radical (unpaired) electrons. The molecular weight excluding hydrogens is 280 g/mol. The van der Waals surface area contributed by atoms with Gasteiger partial charge < -0.3 is 10.2 Å². The third kappa shape index (κ3) is 3.30. The molecular formula is C12H21BrN4. The Bertz CT molecular complexity index is 384. The Hall–Kier alpha value is -0.390. The lowest BCUT2D eigenvalue weighted by atomic mass is 10.3. The smallest absolute Gasteiger partial charge is 0.0739 e. The van der Waals surface area contributed by atoms with Crippen molar-refractivity contribution in [1.82, 2.24) is 20.0 Å². The number of likely N-dealkylation sites (N-methyl/N-ethyl adjacent to an activating group) is 1. The Labute approximate surface area is 111 Å². The summed E-state index contributed by atoms with van der Waals surface area (Å²) in [4.78, 5) is 2.44. The van der Waals surface area contributed by atoms with Gasteiger partial charge in [-0.2, -0.15) is 5.10 Å². The van der Waals surface area contributed by atoms with Crippen LogP contribution in [0.2, 0.25) is 0 Å². The number of aromatic nitrogens is 2. The van der Waals surface area contributed by atoms with E-state index in [0.717, 1.165) is 35.8 Å². The first-order valence-corrected chi connectivity index (χ1v) is 6.98. The predicted molar refractivity (Wildman–Crippen MR) is 73.0 cm³/mol. The van der Waals surface area contributed by atoms with Gasteiger partial charge in [0.05, 0.1) is 15.9 Å². The van der Waals surface area contributed by atoms with E-state index in [4.69, 9.17) is 0 Å². The maximum Gasteiger partial charge on any atom is 0.0739 e. The molecule has 17 heavy (non-hydrogen) atoms. The zero-order chi connectivity index (χ0) is 12.4. The summed E-state index contributed by atoms with van der Waals surface area (Å²) in [7, 11) is 4.20. The van der Waals surface area contributed by atoms with E-state index < -0.39 is 0 Å². The van der Waals surface area contributed by atoms with Gasteiger partial charge in [-0.1, -0.05) is 0 Å². The lowest BCUT2D eigenvalue weighted by Crippen LogP contribution is -2.30. The van der Waals surface area contributed by atoms with E-state index >= 15 is 0 Å². The molecule has 1 aliphatic carbocycles. The molecule has 1 saturated carbocycles. The summed E-state index contributed by atoms with van der Waals surface area (Å²) in [6.07, 6.45) is 2.76. The van der Waals surface area contributed by atoms with Gasteiger partial charge in [0.15, 0.2) is 0 Å². The van der Waals surface area contributed by atoms with Crippen LogP contribution in [-0.4, -0.2) is 40.9 Å². The highest BCUT2D eigenvalue weighted by molar-refractivity contribution is 9.10. The SMILES string of the molecule is Cc1nn(C)c(CNCCN(C)C2CC2)c1Br. The maximum absolute atomic E-state index is 4.38. The van der Waals surface area contributed by atoms with Crippen LogP contribution in [-0.2, 0) is 13.6 Å². The first-order valence-electron chi connectivity index (χ1n) is 6.18. The average molecular weight is 301 g/mol. The molecule has 0 atom stereocenters. The zero-order valence-electron chi connectivity index (χ0n) is 10.8. The number of nitrogens with zero attached hydrogens (tertiary/aromatic N) is 3. The van der Waals surface area contributed by atoms with Crippen LogP contribution < -0.4 is 5.32 Å². The van der Waals surface area contributed by atoms with E-state index in [-0.39, 0.29) is 0 Å². The third-order valence-corrected chi connectivity index (χ3v) is 4.40. The van der Waals surface area contributed by atoms with Crippen LogP contribution >= 0.6 is 15.9 Å². The van der Waals surface area contributed by atoms with E-state index in [0.29, 0.717) is 0 Å². The number of aryl methyl sites for hydroxylation is 2. The van der Waals surface area contributed by atoms with Gasteiger partial charge in [0.2, 0.25) is 0 Å². The van der Waals surface area contributed by atoms with Crippen molar-refractivity contribution in [2.45, 2.75) is 32.4 Å². The summed E-state index contributed by atoms with van der Waals surface area (Å²) >= 11 is 3.58. The number of hydrogen-bond acceptors (Lipinski definition) is 3. The highest BCUT2D eigenvalue weighted by Gasteiger charge is 2.25. The van der Waals surface area contributed by atoms with Gasteiger partial charge in [0.1, 0.15) is 0 Å². The molecule has 0 saturated heterocycles. The number of hydrogen-bond donors (Lipinski definition) is 1. The largest absolute Gasteiger partial charge is 0.310 e. The van der Waals surface area contributed by atoms with E-state index in [9.17, 15) is 0 Å². The lowest BCUT2D eigenvalue weighted by Gasteiger charge is -2.15. The van der Waals surface area contributed by atoms with Crippen LogP contribution in [0.5, 0.6) is 0 Å². The van der Waals surface area contributed by atoms with E-state index in [2.05, 4.69) is 38.3 Å². The summed E-state index contributed by atoms with van der Waals surface area (Å²) in [6.45, 7) is 5.05. The van der Waals surface area contributed by atoms with Gasteiger partial charge in [0.25, 0.3) is 0 Å². The molecule has 1 aliphatic rings. The molecule has 4 nitrogen and oxygen atoms in total. The van der Waals surface area contributed by atoms with Crippen molar-refractivity contribution >= 4 is 15.9 Å². The van der Waals surface area contributed by atoms with Gasteiger partial charge in [-0.05, 0) is 42.7 Å². The van der Waals surface area contributed by atoms with E-state index in [1.165, 1.54) is 18.5 Å². The second-order valence-corrected chi connectivity index (χ2v) is 5.65. The summed E-state index contributed by atoms with van der Waals surface area (Å²) < 4.78 is 3.07. The molecule has 0 unspecified atom stereocenters. The molecule has 0 spiro atoms. The Morgan fingerprint density at radius 2 is 2.24 bits per heavy atom. The van der Waals surface area contributed by atoms with Crippen molar-refractivity contribution in [3.63, 3.8) is 0 Å². The van der Waals surface area contributed by atoms with Crippen molar-refractivity contribution in [2.75, 3.05) is 20.1 Å². The monoisotopic (exact) mass is 300 g/mol. The fourth-order valence-electron chi connectivity index (χ4n) is 2.03. The highest BCUT2D eigenvalue weighted by atomic mass is 79.9. The Kier molecular flexibility index (Phi) is 4.22. The fraction of sp³-hybridized carbons (Fsp3) is 0.750. The molecule has 0 amide bonds. The molecule has 1 heterocycles. The second-order valence-electron chi connectivity index (χ2n) is 4.86. The molecule has 2 rings (SSSR count). The van der Waals surface area contributed by atoms with Gasteiger partial charge in [-0.15, -0.1) is 0 Å². The van der Waals surface area contributed by atoms with Crippen LogP contribution in [0.15, 0.2) is 4.47 Å². The van der Waals surface area contributed by atoms with Crippen molar-refractivity contribution in [3.05, 3.63) is 15.9 Å². The zero-order valence-corrected chi connectivity index (χ0v) is 12.4. The Morgan fingerprint density at radius 3 is 2.76 bits per heavy atom. The van der Waals surface area contributed by atoms with Crippen molar-refractivity contribution in [1.29, 1.82) is 0 Å². The van der Waals surface area contributed by atoms with E-state index in [1.807, 2.05) is 18.7 Å². The Morgan fingerprint density at radius 1 is 1.53 bits per heavy atom. The Balaban J connectivity index is 1.73. The summed E-state index contributed by atoms with van der Waals surface area (Å²) in [6, 6.07) is 0.850. The minimum absolute atomic E-state index is 0.850. The lowest BCUT2D eigenvalue weighted by molar-refractivity contribution is 0.321. The number of nitrogens with one attached hydrogen (secondary N) is 1. The van der Waals surface area contributed by atoms with E-state index in [1.54, 1.807) is 0 Å². The van der Waals surface area contributed by atoms with Crippen LogP contribution in [0.4, 0.5) is 0 Å². The molecule has 96 valence electrons. The van der Waals surface area contributed by atoms with Gasteiger partial charge in [0, 0.05) is 32.7 Å². The molecule has 1 aromatic rings. The first kappa shape index (κ1) is 13.1. The highest BCUT2D eigenvalue weighted by Crippen LogP contribution is 2.24. The maximum atomic E-state index is 4.38.